The van der Waals surface area contributed by atoms with Crippen molar-refractivity contribution in [1.82, 2.24) is 0 Å². The van der Waals surface area contributed by atoms with Gasteiger partial charge in [0, 0.05) is 5.56 Å². The van der Waals surface area contributed by atoms with Gasteiger partial charge in [-0.2, -0.15) is 0 Å². The minimum absolute atomic E-state index is 0.231. The van der Waals surface area contributed by atoms with Gasteiger partial charge < -0.3 is 4.52 Å². The van der Waals surface area contributed by atoms with Crippen LogP contribution in [0.4, 0.5) is 0 Å². The maximum Gasteiger partial charge on any atom is 0.524 e. The van der Waals surface area contributed by atoms with Crippen molar-refractivity contribution in [3.05, 3.63) is 42.5 Å². The van der Waals surface area contributed by atoms with Crippen molar-refractivity contribution in [2.75, 3.05) is 0 Å². The van der Waals surface area contributed by atoms with Crippen LogP contribution in [0.3, 0.4) is 0 Å². The van der Waals surface area contributed by atoms with Crippen molar-refractivity contribution in [2.45, 2.75) is 0 Å². The third kappa shape index (κ3) is 1.67. The van der Waals surface area contributed by atoms with Crippen LogP contribution in [-0.2, 0) is 4.57 Å². The van der Waals surface area contributed by atoms with Crippen molar-refractivity contribution in [1.29, 1.82) is 0 Å². The summed E-state index contributed by atoms with van der Waals surface area (Å²) in [5.74, 6) is 0.231. The third-order valence-corrected chi connectivity index (χ3v) is 3.16. The number of phosphoric acid groups is 1. The molecule has 17 heavy (non-hydrogen) atoms. The summed E-state index contributed by atoms with van der Waals surface area (Å²) in [4.78, 5) is 17.7. The molecule has 0 unspecified atom stereocenters. The van der Waals surface area contributed by atoms with Gasteiger partial charge in [0.25, 0.3) is 0 Å². The summed E-state index contributed by atoms with van der Waals surface area (Å²) in [6.07, 6.45) is 0. The van der Waals surface area contributed by atoms with Gasteiger partial charge in [0.1, 0.15) is 5.75 Å². The van der Waals surface area contributed by atoms with Crippen molar-refractivity contribution in [3.63, 3.8) is 0 Å². The topological polar surface area (TPSA) is 66.8 Å². The van der Waals surface area contributed by atoms with Crippen LogP contribution >= 0.6 is 7.82 Å². The second kappa shape index (κ2) is 3.44. The molecule has 3 rings (SSSR count). The first-order chi connectivity index (χ1) is 8.06. The highest BCUT2D eigenvalue weighted by molar-refractivity contribution is 7.46. The lowest BCUT2D eigenvalue weighted by Crippen LogP contribution is -2.01. The molecule has 0 saturated heterocycles. The maximum atomic E-state index is 10.9. The van der Waals surface area contributed by atoms with Gasteiger partial charge >= 0.3 is 7.82 Å². The van der Waals surface area contributed by atoms with Crippen LogP contribution < -0.4 is 4.52 Å². The minimum atomic E-state index is -4.51. The molecule has 0 heterocycles. The van der Waals surface area contributed by atoms with Gasteiger partial charge in [0.05, 0.1) is 0 Å². The summed E-state index contributed by atoms with van der Waals surface area (Å²) in [5.41, 5.74) is 3.78. The van der Waals surface area contributed by atoms with Crippen molar-refractivity contribution in [2.24, 2.45) is 0 Å². The van der Waals surface area contributed by atoms with E-state index in [0.717, 1.165) is 22.3 Å². The number of phosphoric ester groups is 1. The van der Waals surface area contributed by atoms with E-state index < -0.39 is 7.82 Å². The molecule has 0 bridgehead atoms. The second-order valence-electron chi connectivity index (χ2n) is 3.81. The van der Waals surface area contributed by atoms with Crippen LogP contribution in [0, 0.1) is 0 Å². The molecule has 2 aromatic rings. The maximum absolute atomic E-state index is 10.9. The fraction of sp³-hybridized carbons (Fsp3) is 0. The number of rotatable bonds is 2. The largest absolute Gasteiger partial charge is 0.524 e. The van der Waals surface area contributed by atoms with Crippen molar-refractivity contribution < 1.29 is 18.9 Å². The average molecular weight is 248 g/mol. The Hall–Kier alpha value is -1.61. The molecule has 0 radical (unpaired) electrons. The summed E-state index contributed by atoms with van der Waals surface area (Å²) < 4.78 is 15.6. The van der Waals surface area contributed by atoms with E-state index in [1.807, 2.05) is 30.3 Å². The molecule has 0 atom stereocenters. The third-order valence-electron chi connectivity index (χ3n) is 2.73. The van der Waals surface area contributed by atoms with Crippen LogP contribution in [0.25, 0.3) is 22.3 Å². The van der Waals surface area contributed by atoms with E-state index in [0.29, 0.717) is 0 Å². The molecule has 5 heteroatoms. The van der Waals surface area contributed by atoms with E-state index in [1.165, 1.54) is 0 Å². The molecule has 0 aliphatic heterocycles. The van der Waals surface area contributed by atoms with E-state index in [9.17, 15) is 4.57 Å². The summed E-state index contributed by atoms with van der Waals surface area (Å²) in [6, 6.07) is 12.9. The summed E-state index contributed by atoms with van der Waals surface area (Å²) in [6.45, 7) is 0. The quantitative estimate of drug-likeness (QED) is 0.684. The van der Waals surface area contributed by atoms with Gasteiger partial charge in [0.15, 0.2) is 0 Å². The summed E-state index contributed by atoms with van der Waals surface area (Å²) in [5, 5.41) is 0. The fourth-order valence-corrected chi connectivity index (χ4v) is 2.52. The number of hydrogen-bond donors (Lipinski definition) is 2. The summed E-state index contributed by atoms with van der Waals surface area (Å²) in [7, 11) is -4.51. The first-order valence-electron chi connectivity index (χ1n) is 5.04. The molecule has 0 fully saturated rings. The Labute approximate surface area is 97.7 Å². The van der Waals surface area contributed by atoms with Gasteiger partial charge in [-0.15, -0.1) is 0 Å². The lowest BCUT2D eigenvalue weighted by Gasteiger charge is -2.26. The molecule has 0 saturated carbocycles. The van der Waals surface area contributed by atoms with Crippen LogP contribution in [0.15, 0.2) is 42.5 Å². The van der Waals surface area contributed by atoms with Gasteiger partial charge in [-0.3, -0.25) is 9.79 Å². The average Bonchev–Trinajstić information content (AvgIpc) is 2.23. The van der Waals surface area contributed by atoms with E-state index in [4.69, 9.17) is 9.79 Å². The van der Waals surface area contributed by atoms with E-state index in [2.05, 4.69) is 4.52 Å². The Morgan fingerprint density at radius 3 is 2.24 bits per heavy atom. The van der Waals surface area contributed by atoms with E-state index >= 15 is 0 Å². The molecular weight excluding hydrogens is 239 g/mol. The Bertz CT molecular complexity index is 645. The predicted octanol–water partition coefficient (Wildman–Crippen LogP) is 2.81. The zero-order valence-electron chi connectivity index (χ0n) is 8.70. The van der Waals surface area contributed by atoms with Crippen LogP contribution in [0.1, 0.15) is 0 Å². The second-order valence-corrected chi connectivity index (χ2v) is 4.97. The highest BCUT2D eigenvalue weighted by Gasteiger charge is 2.28. The van der Waals surface area contributed by atoms with Crippen molar-refractivity contribution >= 4 is 7.82 Å². The Morgan fingerprint density at radius 1 is 0.882 bits per heavy atom. The summed E-state index contributed by atoms with van der Waals surface area (Å²) >= 11 is 0. The van der Waals surface area contributed by atoms with Crippen LogP contribution in [-0.4, -0.2) is 9.79 Å². The number of benzene rings is 2. The molecule has 4 nitrogen and oxygen atoms in total. The monoisotopic (exact) mass is 248 g/mol. The Kier molecular flexibility index (Phi) is 2.13. The van der Waals surface area contributed by atoms with E-state index in [1.54, 1.807) is 12.1 Å². The zero-order chi connectivity index (χ0) is 12.0. The lowest BCUT2D eigenvalue weighted by atomic mass is 9.80. The molecule has 1 aliphatic carbocycles. The van der Waals surface area contributed by atoms with Gasteiger partial charge in [-0.25, -0.2) is 4.57 Å². The SMILES string of the molecule is O=P(O)(O)Oc1cccc2c1-c1ccccc1-2. The smallest absolute Gasteiger partial charge is 0.404 e. The first kappa shape index (κ1) is 10.5. The molecule has 0 aromatic heterocycles. The van der Waals surface area contributed by atoms with Crippen molar-refractivity contribution in [3.8, 4) is 28.0 Å². The molecule has 2 aromatic carbocycles. The molecule has 86 valence electrons. The zero-order valence-corrected chi connectivity index (χ0v) is 9.59. The molecular formula is C12H9O4P. The van der Waals surface area contributed by atoms with Crippen LogP contribution in [0.2, 0.25) is 0 Å². The fourth-order valence-electron chi connectivity index (χ4n) is 2.11. The molecule has 2 N–H and O–H groups in total. The Morgan fingerprint density at radius 2 is 1.53 bits per heavy atom. The minimum Gasteiger partial charge on any atom is -0.404 e. The molecule has 1 aliphatic rings. The number of hydrogen-bond acceptors (Lipinski definition) is 2. The number of fused-ring (bicyclic) bond motifs is 4. The van der Waals surface area contributed by atoms with Gasteiger partial charge in [-0.05, 0) is 22.8 Å². The van der Waals surface area contributed by atoms with Gasteiger partial charge in [-0.1, -0.05) is 36.4 Å². The first-order valence-corrected chi connectivity index (χ1v) is 6.57. The predicted molar refractivity (Wildman–Crippen MR) is 63.5 cm³/mol. The normalized spacial score (nSPS) is 12.4. The highest BCUT2D eigenvalue weighted by atomic mass is 31.2. The molecule has 0 spiro atoms. The van der Waals surface area contributed by atoms with E-state index in [-0.39, 0.29) is 5.75 Å². The Balaban J connectivity index is 2.12. The van der Waals surface area contributed by atoms with Gasteiger partial charge in [0.2, 0.25) is 0 Å². The standard InChI is InChI=1S/C12H9O4P/c13-17(14,15)16-11-7-3-6-10-8-4-1-2-5-9(8)12(10)11/h1-7H,(H2,13,14,15). The lowest BCUT2D eigenvalue weighted by molar-refractivity contribution is 0.283. The molecule has 0 amide bonds. The highest BCUT2D eigenvalue weighted by Crippen LogP contribution is 2.54. The van der Waals surface area contributed by atoms with Crippen LogP contribution in [0.5, 0.6) is 5.75 Å².